The molecule has 1 aliphatic heterocycles. The fourth-order valence-electron chi connectivity index (χ4n) is 3.03. The van der Waals surface area contributed by atoms with Crippen molar-refractivity contribution in [2.24, 2.45) is 5.73 Å². The van der Waals surface area contributed by atoms with E-state index in [1.807, 2.05) is 0 Å². The molecule has 0 spiro atoms. The lowest BCUT2D eigenvalue weighted by atomic mass is 9.83. The second-order valence-electron chi connectivity index (χ2n) is 5.77. The molecule has 3 rings (SSSR count). The van der Waals surface area contributed by atoms with Gasteiger partial charge in [0.2, 0.25) is 5.88 Å². The lowest BCUT2D eigenvalue weighted by molar-refractivity contribution is -0.385. The zero-order valence-corrected chi connectivity index (χ0v) is 14.6. The summed E-state index contributed by atoms with van der Waals surface area (Å²) in [4.78, 5) is 36.0. The number of aryl methyl sites for hydroxylation is 1. The minimum Gasteiger partial charge on any atom is -0.462 e. The van der Waals surface area contributed by atoms with Crippen molar-refractivity contribution in [3.05, 3.63) is 79.2 Å². The number of nitro groups is 1. The molecule has 1 unspecified atom stereocenters. The maximum Gasteiger partial charge on any atom is 0.343 e. The first-order chi connectivity index (χ1) is 12.8. The number of carbonyl (C=O) groups is 1. The van der Waals surface area contributed by atoms with Crippen LogP contribution in [0, 0.1) is 17.0 Å². The van der Waals surface area contributed by atoms with Gasteiger partial charge in [0.1, 0.15) is 17.1 Å². The van der Waals surface area contributed by atoms with Crippen LogP contribution in [0.25, 0.3) is 0 Å². The largest absolute Gasteiger partial charge is 0.462 e. The van der Waals surface area contributed by atoms with E-state index in [1.165, 1.54) is 24.3 Å². The average Bonchev–Trinajstić information content (AvgIpc) is 2.60. The van der Waals surface area contributed by atoms with Crippen LogP contribution in [0.5, 0.6) is 5.75 Å². The van der Waals surface area contributed by atoms with Crippen molar-refractivity contribution in [3.63, 3.8) is 0 Å². The predicted molar refractivity (Wildman–Crippen MR) is 93.1 cm³/mol. The number of hydrogen-bond donors (Lipinski definition) is 1. The maximum absolute atomic E-state index is 12.6. The molecule has 1 aliphatic rings. The van der Waals surface area contributed by atoms with Crippen LogP contribution in [-0.2, 0) is 9.53 Å². The van der Waals surface area contributed by atoms with Gasteiger partial charge >= 0.3 is 11.6 Å². The van der Waals surface area contributed by atoms with E-state index in [-0.39, 0.29) is 46.4 Å². The van der Waals surface area contributed by atoms with Crippen molar-refractivity contribution in [1.29, 1.82) is 0 Å². The molecule has 0 saturated heterocycles. The van der Waals surface area contributed by atoms with E-state index in [4.69, 9.17) is 19.6 Å². The monoisotopic (exact) mass is 372 g/mol. The van der Waals surface area contributed by atoms with Gasteiger partial charge in [-0.05, 0) is 13.8 Å². The quantitative estimate of drug-likeness (QED) is 0.490. The van der Waals surface area contributed by atoms with Gasteiger partial charge in [-0.15, -0.1) is 0 Å². The maximum atomic E-state index is 12.6. The molecule has 0 aliphatic carbocycles. The second kappa shape index (κ2) is 6.94. The molecular formula is C18H16N2O7. The molecule has 1 aromatic carbocycles. The highest BCUT2D eigenvalue weighted by molar-refractivity contribution is 5.93. The molecule has 2 heterocycles. The Balaban J connectivity index is 2.35. The number of fused-ring (bicyclic) bond motifs is 1. The Morgan fingerprint density at radius 3 is 2.74 bits per heavy atom. The SMILES string of the molecule is CCOC(=O)C1=C(N)Oc2cc(C)oc(=O)c2C1c1ccccc1[N+](=O)[O-]. The summed E-state index contributed by atoms with van der Waals surface area (Å²) in [5.74, 6) is -1.92. The van der Waals surface area contributed by atoms with Gasteiger partial charge in [0.25, 0.3) is 5.69 Å². The number of hydrogen-bond acceptors (Lipinski definition) is 8. The first-order valence-corrected chi connectivity index (χ1v) is 8.07. The van der Waals surface area contributed by atoms with Gasteiger partial charge < -0.3 is 19.6 Å². The van der Waals surface area contributed by atoms with Gasteiger partial charge in [0.05, 0.1) is 23.0 Å². The minimum absolute atomic E-state index is 0.0489. The Morgan fingerprint density at radius 1 is 1.37 bits per heavy atom. The summed E-state index contributed by atoms with van der Waals surface area (Å²) in [5, 5.41) is 11.5. The van der Waals surface area contributed by atoms with E-state index in [2.05, 4.69) is 0 Å². The van der Waals surface area contributed by atoms with E-state index in [9.17, 15) is 19.7 Å². The van der Waals surface area contributed by atoms with Crippen LogP contribution >= 0.6 is 0 Å². The summed E-state index contributed by atoms with van der Waals surface area (Å²) in [6.45, 7) is 3.20. The third kappa shape index (κ3) is 3.14. The highest BCUT2D eigenvalue weighted by Gasteiger charge is 2.41. The minimum atomic E-state index is -1.16. The number of nitro benzene ring substituents is 1. The molecule has 0 bridgehead atoms. The van der Waals surface area contributed by atoms with Crippen LogP contribution in [0.4, 0.5) is 5.69 Å². The molecule has 2 aromatic rings. The molecule has 1 aromatic heterocycles. The van der Waals surface area contributed by atoms with Gasteiger partial charge in [-0.3, -0.25) is 10.1 Å². The third-order valence-electron chi connectivity index (χ3n) is 4.08. The van der Waals surface area contributed by atoms with Gasteiger partial charge in [-0.25, -0.2) is 9.59 Å². The number of nitrogens with two attached hydrogens (primary N) is 1. The Kier molecular flexibility index (Phi) is 4.68. The van der Waals surface area contributed by atoms with Gasteiger partial charge in [-0.1, -0.05) is 18.2 Å². The molecule has 27 heavy (non-hydrogen) atoms. The van der Waals surface area contributed by atoms with E-state index in [0.29, 0.717) is 0 Å². The topological polar surface area (TPSA) is 135 Å². The number of para-hydroxylation sites is 1. The Labute approximate surface area is 153 Å². The van der Waals surface area contributed by atoms with Crippen LogP contribution in [0.15, 0.2) is 51.0 Å². The average molecular weight is 372 g/mol. The van der Waals surface area contributed by atoms with Crippen molar-refractivity contribution in [2.75, 3.05) is 6.61 Å². The summed E-state index contributed by atoms with van der Waals surface area (Å²) in [6.07, 6.45) is 0. The summed E-state index contributed by atoms with van der Waals surface area (Å²) < 4.78 is 15.6. The number of ether oxygens (including phenoxy) is 2. The zero-order chi connectivity index (χ0) is 19.7. The van der Waals surface area contributed by atoms with Crippen LogP contribution in [0.3, 0.4) is 0 Å². The lowest BCUT2D eigenvalue weighted by Crippen LogP contribution is -2.31. The standard InChI is InChI=1S/C18H16N2O7/c1-3-25-17(21)15-13(10-6-4-5-7-11(10)20(23)24)14-12(27-16(15)19)8-9(2)26-18(14)22/h4-8,13H,3,19H2,1-2H3. The molecule has 0 radical (unpaired) electrons. The van der Waals surface area contributed by atoms with E-state index in [0.717, 1.165) is 0 Å². The number of carbonyl (C=O) groups excluding carboxylic acids is 1. The van der Waals surface area contributed by atoms with Gasteiger partial charge in [-0.2, -0.15) is 0 Å². The molecule has 0 amide bonds. The fraction of sp³-hybridized carbons (Fsp3) is 0.222. The predicted octanol–water partition coefficient (Wildman–Crippen LogP) is 2.11. The van der Waals surface area contributed by atoms with Crippen LogP contribution < -0.4 is 16.1 Å². The van der Waals surface area contributed by atoms with Crippen molar-refractivity contribution in [2.45, 2.75) is 19.8 Å². The highest BCUT2D eigenvalue weighted by atomic mass is 16.6. The van der Waals surface area contributed by atoms with Crippen LogP contribution in [0.2, 0.25) is 0 Å². The van der Waals surface area contributed by atoms with Crippen LogP contribution in [-0.4, -0.2) is 17.5 Å². The number of rotatable bonds is 4. The fourth-order valence-corrected chi connectivity index (χ4v) is 3.03. The summed E-state index contributed by atoms with van der Waals surface area (Å²) in [5.41, 5.74) is 4.76. The number of nitrogens with zero attached hydrogens (tertiary/aromatic N) is 1. The van der Waals surface area contributed by atoms with E-state index >= 15 is 0 Å². The highest BCUT2D eigenvalue weighted by Crippen LogP contribution is 2.43. The number of benzene rings is 1. The van der Waals surface area contributed by atoms with Crippen molar-refractivity contribution in [3.8, 4) is 5.75 Å². The third-order valence-corrected chi connectivity index (χ3v) is 4.08. The normalized spacial score (nSPS) is 15.7. The Hall–Kier alpha value is -3.62. The smallest absolute Gasteiger partial charge is 0.343 e. The first kappa shape index (κ1) is 18.2. The molecule has 9 heteroatoms. The van der Waals surface area contributed by atoms with Crippen molar-refractivity contribution < 1.29 is 23.6 Å². The van der Waals surface area contributed by atoms with Gasteiger partial charge in [0.15, 0.2) is 0 Å². The number of esters is 1. The Morgan fingerprint density at radius 2 is 2.07 bits per heavy atom. The summed E-state index contributed by atoms with van der Waals surface area (Å²) in [7, 11) is 0. The second-order valence-corrected chi connectivity index (χ2v) is 5.77. The van der Waals surface area contributed by atoms with Crippen molar-refractivity contribution in [1.82, 2.24) is 0 Å². The summed E-state index contributed by atoms with van der Waals surface area (Å²) in [6, 6.07) is 7.21. The summed E-state index contributed by atoms with van der Waals surface area (Å²) >= 11 is 0. The van der Waals surface area contributed by atoms with E-state index in [1.54, 1.807) is 19.9 Å². The first-order valence-electron chi connectivity index (χ1n) is 8.07. The lowest BCUT2D eigenvalue weighted by Gasteiger charge is -2.27. The molecule has 0 saturated carbocycles. The zero-order valence-electron chi connectivity index (χ0n) is 14.6. The molecular weight excluding hydrogens is 356 g/mol. The molecule has 0 fully saturated rings. The molecule has 1 atom stereocenters. The van der Waals surface area contributed by atoms with Crippen molar-refractivity contribution >= 4 is 11.7 Å². The Bertz CT molecular complexity index is 1020. The van der Waals surface area contributed by atoms with Crippen LogP contribution in [0.1, 0.15) is 29.7 Å². The van der Waals surface area contributed by atoms with E-state index < -0.39 is 22.4 Å². The van der Waals surface area contributed by atoms with Gasteiger partial charge in [0, 0.05) is 17.7 Å². The molecule has 2 N–H and O–H groups in total. The molecule has 140 valence electrons. The molecule has 9 nitrogen and oxygen atoms in total.